The molecule has 0 saturated carbocycles. The molecule has 5 heteroatoms. The van der Waals surface area contributed by atoms with Gasteiger partial charge in [0.2, 0.25) is 11.8 Å². The van der Waals surface area contributed by atoms with E-state index in [1.165, 1.54) is 0 Å². The van der Waals surface area contributed by atoms with Crippen LogP contribution in [0.3, 0.4) is 0 Å². The molecule has 0 radical (unpaired) electrons. The van der Waals surface area contributed by atoms with E-state index in [4.69, 9.17) is 4.74 Å². The normalized spacial score (nSPS) is 12.6. The van der Waals surface area contributed by atoms with E-state index >= 15 is 0 Å². The second kappa shape index (κ2) is 7.13. The maximum atomic E-state index is 13.5. The van der Waals surface area contributed by atoms with Gasteiger partial charge in [0.25, 0.3) is 5.88 Å². The summed E-state index contributed by atoms with van der Waals surface area (Å²) in [4.78, 5) is 7.91. The van der Waals surface area contributed by atoms with Crippen molar-refractivity contribution in [3.8, 4) is 5.88 Å². The van der Waals surface area contributed by atoms with E-state index in [9.17, 15) is 4.39 Å². The summed E-state index contributed by atoms with van der Waals surface area (Å²) in [5.41, 5.74) is 0. The predicted molar refractivity (Wildman–Crippen MR) is 70.3 cm³/mol. The van der Waals surface area contributed by atoms with E-state index in [-0.39, 0.29) is 12.0 Å². The van der Waals surface area contributed by atoms with Crippen LogP contribution in [0.2, 0.25) is 0 Å². The van der Waals surface area contributed by atoms with Crippen molar-refractivity contribution in [3.05, 3.63) is 12.0 Å². The maximum Gasteiger partial charge on any atom is 0.255 e. The Bertz CT molecular complexity index is 371. The minimum atomic E-state index is -0.521. The van der Waals surface area contributed by atoms with Gasteiger partial charge in [-0.3, -0.25) is 0 Å². The van der Waals surface area contributed by atoms with Gasteiger partial charge in [-0.15, -0.1) is 0 Å². The summed E-state index contributed by atoms with van der Waals surface area (Å²) in [6, 6.07) is 0. The third-order valence-electron chi connectivity index (χ3n) is 2.36. The topological polar surface area (TPSA) is 47.0 Å². The van der Waals surface area contributed by atoms with Gasteiger partial charge >= 0.3 is 0 Å². The van der Waals surface area contributed by atoms with Gasteiger partial charge < -0.3 is 10.1 Å². The second-order valence-electron chi connectivity index (χ2n) is 4.83. The molecular formula is C13H22FN3O. The second-order valence-corrected chi connectivity index (χ2v) is 4.83. The summed E-state index contributed by atoms with van der Waals surface area (Å²) in [5, 5.41) is 3.01. The maximum absolute atomic E-state index is 13.5. The van der Waals surface area contributed by atoms with Gasteiger partial charge in [0, 0.05) is 6.54 Å². The van der Waals surface area contributed by atoms with Crippen molar-refractivity contribution in [1.82, 2.24) is 9.97 Å². The van der Waals surface area contributed by atoms with Crippen molar-refractivity contribution >= 4 is 5.95 Å². The summed E-state index contributed by atoms with van der Waals surface area (Å²) in [5.74, 6) is 0.414. The largest absolute Gasteiger partial charge is 0.472 e. The zero-order chi connectivity index (χ0) is 13.5. The summed E-state index contributed by atoms with van der Waals surface area (Å²) in [6.07, 6.45) is 2.90. The number of aromatic nitrogens is 2. The minimum absolute atomic E-state index is 0.0248. The molecular weight excluding hydrogens is 233 g/mol. The lowest BCUT2D eigenvalue weighted by molar-refractivity contribution is 0.177. The van der Waals surface area contributed by atoms with Crippen LogP contribution < -0.4 is 10.1 Å². The molecule has 1 unspecified atom stereocenters. The molecule has 18 heavy (non-hydrogen) atoms. The number of hydrogen-bond acceptors (Lipinski definition) is 4. The fourth-order valence-electron chi connectivity index (χ4n) is 1.66. The number of anilines is 1. The standard InChI is InChI=1S/C13H22FN3O/c1-5-6-15-13-16-8-11(14)12(17-13)18-10(4)7-9(2)3/h8-10H,5-7H2,1-4H3,(H,15,16,17). The van der Waals surface area contributed by atoms with Crippen molar-refractivity contribution in [1.29, 1.82) is 0 Å². The Morgan fingerprint density at radius 2 is 2.11 bits per heavy atom. The Balaban J connectivity index is 2.68. The molecule has 1 rings (SSSR count). The van der Waals surface area contributed by atoms with E-state index in [0.717, 1.165) is 25.6 Å². The monoisotopic (exact) mass is 255 g/mol. The number of rotatable bonds is 7. The van der Waals surface area contributed by atoms with Gasteiger partial charge in [0.1, 0.15) is 0 Å². The van der Waals surface area contributed by atoms with Gasteiger partial charge in [0.05, 0.1) is 12.3 Å². The quantitative estimate of drug-likeness (QED) is 0.812. The highest BCUT2D eigenvalue weighted by molar-refractivity contribution is 5.28. The highest BCUT2D eigenvalue weighted by atomic mass is 19.1. The average Bonchev–Trinajstić information content (AvgIpc) is 2.29. The molecule has 0 aliphatic rings. The van der Waals surface area contributed by atoms with Crippen LogP contribution in [0.5, 0.6) is 5.88 Å². The van der Waals surface area contributed by atoms with Crippen molar-refractivity contribution in [2.75, 3.05) is 11.9 Å². The van der Waals surface area contributed by atoms with Crippen LogP contribution in [0.1, 0.15) is 40.5 Å². The first kappa shape index (κ1) is 14.7. The molecule has 1 aromatic rings. The predicted octanol–water partition coefficient (Wildman–Crippen LogP) is 3.25. The van der Waals surface area contributed by atoms with Crippen LogP contribution in [-0.4, -0.2) is 22.6 Å². The highest BCUT2D eigenvalue weighted by Gasteiger charge is 2.13. The Morgan fingerprint density at radius 3 is 2.72 bits per heavy atom. The summed E-state index contributed by atoms with van der Waals surface area (Å²) < 4.78 is 19.0. The van der Waals surface area contributed by atoms with Crippen molar-refractivity contribution in [2.24, 2.45) is 5.92 Å². The molecule has 0 aromatic carbocycles. The zero-order valence-corrected chi connectivity index (χ0v) is 11.5. The Hall–Kier alpha value is -1.39. The number of ether oxygens (including phenoxy) is 1. The molecule has 102 valence electrons. The van der Waals surface area contributed by atoms with Crippen LogP contribution in [0.25, 0.3) is 0 Å². The third kappa shape index (κ3) is 4.85. The van der Waals surface area contributed by atoms with Crippen molar-refractivity contribution < 1.29 is 9.13 Å². The number of nitrogens with zero attached hydrogens (tertiary/aromatic N) is 2. The van der Waals surface area contributed by atoms with Gasteiger partial charge in [0.15, 0.2) is 0 Å². The number of halogens is 1. The lowest BCUT2D eigenvalue weighted by atomic mass is 10.1. The van der Waals surface area contributed by atoms with Gasteiger partial charge in [-0.2, -0.15) is 9.37 Å². The van der Waals surface area contributed by atoms with E-state index in [1.54, 1.807) is 0 Å². The molecule has 4 nitrogen and oxygen atoms in total. The molecule has 0 aliphatic carbocycles. The van der Waals surface area contributed by atoms with Crippen LogP contribution in [0.4, 0.5) is 10.3 Å². The van der Waals surface area contributed by atoms with Crippen LogP contribution >= 0.6 is 0 Å². The molecule has 0 fully saturated rings. The molecule has 0 saturated heterocycles. The Kier molecular flexibility index (Phi) is 5.82. The van der Waals surface area contributed by atoms with E-state index in [2.05, 4.69) is 29.1 Å². The fraction of sp³-hybridized carbons (Fsp3) is 0.692. The Morgan fingerprint density at radius 1 is 1.39 bits per heavy atom. The lowest BCUT2D eigenvalue weighted by Crippen LogP contribution is -2.17. The first-order valence-electron chi connectivity index (χ1n) is 6.46. The molecule has 0 amide bonds. The molecule has 0 aliphatic heterocycles. The van der Waals surface area contributed by atoms with Crippen LogP contribution in [0, 0.1) is 11.7 Å². The summed E-state index contributed by atoms with van der Waals surface area (Å²) >= 11 is 0. The molecule has 1 atom stereocenters. The SMILES string of the molecule is CCCNc1ncc(F)c(OC(C)CC(C)C)n1. The van der Waals surface area contributed by atoms with Gasteiger partial charge in [-0.25, -0.2) is 4.98 Å². The third-order valence-corrected chi connectivity index (χ3v) is 2.36. The minimum Gasteiger partial charge on any atom is -0.472 e. The van der Waals surface area contributed by atoms with Crippen molar-refractivity contribution in [2.45, 2.75) is 46.6 Å². The zero-order valence-electron chi connectivity index (χ0n) is 11.5. The van der Waals surface area contributed by atoms with Crippen LogP contribution in [-0.2, 0) is 0 Å². The average molecular weight is 255 g/mol. The smallest absolute Gasteiger partial charge is 0.255 e. The molecule has 1 heterocycles. The fourth-order valence-corrected chi connectivity index (χ4v) is 1.66. The Labute approximate surface area is 108 Å². The van der Waals surface area contributed by atoms with Crippen molar-refractivity contribution in [3.63, 3.8) is 0 Å². The summed E-state index contributed by atoms with van der Waals surface area (Å²) in [7, 11) is 0. The lowest BCUT2D eigenvalue weighted by Gasteiger charge is -2.16. The molecule has 0 spiro atoms. The van der Waals surface area contributed by atoms with Crippen LogP contribution in [0.15, 0.2) is 6.20 Å². The van der Waals surface area contributed by atoms with E-state index in [0.29, 0.717) is 11.9 Å². The van der Waals surface area contributed by atoms with Gasteiger partial charge in [-0.05, 0) is 25.7 Å². The molecule has 1 N–H and O–H groups in total. The number of nitrogens with one attached hydrogen (secondary N) is 1. The molecule has 0 bridgehead atoms. The van der Waals surface area contributed by atoms with E-state index < -0.39 is 5.82 Å². The first-order valence-corrected chi connectivity index (χ1v) is 6.46. The molecule has 1 aromatic heterocycles. The van der Waals surface area contributed by atoms with Gasteiger partial charge in [-0.1, -0.05) is 20.8 Å². The summed E-state index contributed by atoms with van der Waals surface area (Å²) in [6.45, 7) is 8.92. The number of hydrogen-bond donors (Lipinski definition) is 1. The van der Waals surface area contributed by atoms with E-state index in [1.807, 2.05) is 13.8 Å². The highest BCUT2D eigenvalue weighted by Crippen LogP contribution is 2.18. The first-order chi connectivity index (χ1) is 8.52.